The van der Waals surface area contributed by atoms with Crippen molar-refractivity contribution in [3.63, 3.8) is 0 Å². The van der Waals surface area contributed by atoms with Gasteiger partial charge in [-0.25, -0.2) is 0 Å². The number of fused-ring (bicyclic) bond motifs is 1. The van der Waals surface area contributed by atoms with Crippen molar-refractivity contribution in [2.45, 2.75) is 38.6 Å². The van der Waals surface area contributed by atoms with Crippen molar-refractivity contribution in [1.29, 1.82) is 0 Å². The lowest BCUT2D eigenvalue weighted by atomic mass is 10.0. The van der Waals surface area contributed by atoms with Crippen LogP contribution in [-0.2, 0) is 11.2 Å². The molecule has 0 spiro atoms. The van der Waals surface area contributed by atoms with Gasteiger partial charge >= 0.3 is 0 Å². The van der Waals surface area contributed by atoms with Gasteiger partial charge in [-0.15, -0.1) is 0 Å². The zero-order chi connectivity index (χ0) is 21.6. The van der Waals surface area contributed by atoms with E-state index in [0.29, 0.717) is 31.8 Å². The van der Waals surface area contributed by atoms with Gasteiger partial charge in [0, 0.05) is 42.5 Å². The summed E-state index contributed by atoms with van der Waals surface area (Å²) in [7, 11) is 0. The smallest absolute Gasteiger partial charge is 0.270 e. The number of ether oxygens (including phenoxy) is 1. The molecule has 0 unspecified atom stereocenters. The Bertz CT molecular complexity index is 1040. The van der Waals surface area contributed by atoms with E-state index in [4.69, 9.17) is 4.74 Å². The van der Waals surface area contributed by atoms with Gasteiger partial charge < -0.3 is 19.9 Å². The minimum Gasteiger partial charge on any atom is -0.494 e. The van der Waals surface area contributed by atoms with Crippen LogP contribution in [0, 0.1) is 0 Å². The molecule has 2 aromatic carbocycles. The number of hydrogen-bond acceptors (Lipinski definition) is 3. The average molecular weight is 420 g/mol. The van der Waals surface area contributed by atoms with E-state index in [9.17, 15) is 9.59 Å². The van der Waals surface area contributed by atoms with Crippen LogP contribution in [0.4, 0.5) is 0 Å². The first-order valence-corrected chi connectivity index (χ1v) is 11.0. The number of nitrogens with zero attached hydrogens (tertiary/aromatic N) is 1. The van der Waals surface area contributed by atoms with Crippen LogP contribution < -0.4 is 10.1 Å². The monoisotopic (exact) mass is 419 g/mol. The van der Waals surface area contributed by atoms with E-state index in [-0.39, 0.29) is 17.9 Å². The number of likely N-dealkylation sites (tertiary alicyclic amines) is 1. The van der Waals surface area contributed by atoms with E-state index < -0.39 is 0 Å². The molecule has 31 heavy (non-hydrogen) atoms. The van der Waals surface area contributed by atoms with Gasteiger partial charge in [0.05, 0.1) is 6.61 Å². The van der Waals surface area contributed by atoms with Gasteiger partial charge in [0.1, 0.15) is 11.4 Å². The van der Waals surface area contributed by atoms with Crippen LogP contribution in [0.3, 0.4) is 0 Å². The standard InChI is InChI=1S/C25H29N3O3/c1-2-31-21-10-9-19-16-23(27-22(19)17-21)25(30)28-14-12-20(13-15-28)26-24(29)11-8-18-6-4-3-5-7-18/h3-7,9-10,16-17,20,27H,2,8,11-15H2,1H3,(H,26,29). The first-order chi connectivity index (χ1) is 15.1. The highest BCUT2D eigenvalue weighted by molar-refractivity contribution is 5.98. The molecule has 162 valence electrons. The van der Waals surface area contributed by atoms with Crippen molar-refractivity contribution in [2.75, 3.05) is 19.7 Å². The number of aryl methyl sites for hydroxylation is 1. The lowest BCUT2D eigenvalue weighted by Crippen LogP contribution is -2.46. The van der Waals surface area contributed by atoms with E-state index >= 15 is 0 Å². The van der Waals surface area contributed by atoms with Crippen molar-refractivity contribution in [2.24, 2.45) is 0 Å². The molecule has 6 heteroatoms. The molecule has 1 aliphatic heterocycles. The van der Waals surface area contributed by atoms with Crippen molar-refractivity contribution in [1.82, 2.24) is 15.2 Å². The van der Waals surface area contributed by atoms with Gasteiger partial charge in [-0.2, -0.15) is 0 Å². The molecule has 2 heterocycles. The quantitative estimate of drug-likeness (QED) is 0.610. The average Bonchev–Trinajstić information content (AvgIpc) is 3.22. The van der Waals surface area contributed by atoms with Gasteiger partial charge in [0.25, 0.3) is 5.91 Å². The van der Waals surface area contributed by atoms with Crippen molar-refractivity contribution in [3.05, 3.63) is 65.9 Å². The minimum absolute atomic E-state index is 0.00279. The predicted octanol–water partition coefficient (Wildman–Crippen LogP) is 3.92. The highest BCUT2D eigenvalue weighted by atomic mass is 16.5. The highest BCUT2D eigenvalue weighted by Gasteiger charge is 2.25. The number of aromatic nitrogens is 1. The Morgan fingerprint density at radius 1 is 1.10 bits per heavy atom. The van der Waals surface area contributed by atoms with Crippen LogP contribution >= 0.6 is 0 Å². The number of hydrogen-bond donors (Lipinski definition) is 2. The molecule has 4 rings (SSSR count). The summed E-state index contributed by atoms with van der Waals surface area (Å²) in [5.41, 5.74) is 2.66. The highest BCUT2D eigenvalue weighted by Crippen LogP contribution is 2.23. The second-order valence-corrected chi connectivity index (χ2v) is 7.98. The Morgan fingerprint density at radius 2 is 1.87 bits per heavy atom. The third-order valence-corrected chi connectivity index (χ3v) is 5.77. The molecule has 1 aromatic heterocycles. The maximum absolute atomic E-state index is 12.9. The summed E-state index contributed by atoms with van der Waals surface area (Å²) in [4.78, 5) is 30.3. The van der Waals surface area contributed by atoms with Crippen LogP contribution in [0.5, 0.6) is 5.75 Å². The van der Waals surface area contributed by atoms with Gasteiger partial charge in [-0.05, 0) is 49.9 Å². The lowest BCUT2D eigenvalue weighted by Gasteiger charge is -2.32. The van der Waals surface area contributed by atoms with Crippen LogP contribution in [-0.4, -0.2) is 47.4 Å². The summed E-state index contributed by atoms with van der Waals surface area (Å²) in [5, 5.41) is 4.12. The van der Waals surface area contributed by atoms with Crippen LogP contribution in [0.2, 0.25) is 0 Å². The minimum atomic E-state index is 0.00279. The van der Waals surface area contributed by atoms with Crippen molar-refractivity contribution in [3.8, 4) is 5.75 Å². The molecule has 3 aromatic rings. The Balaban J connectivity index is 1.27. The number of nitrogens with one attached hydrogen (secondary N) is 2. The molecule has 1 fully saturated rings. The number of benzene rings is 2. The van der Waals surface area contributed by atoms with Crippen LogP contribution in [0.15, 0.2) is 54.6 Å². The first-order valence-electron chi connectivity index (χ1n) is 11.0. The maximum atomic E-state index is 12.9. The summed E-state index contributed by atoms with van der Waals surface area (Å²) in [6.07, 6.45) is 2.78. The number of aromatic amines is 1. The topological polar surface area (TPSA) is 74.4 Å². The molecule has 0 radical (unpaired) electrons. The van der Waals surface area contributed by atoms with Crippen LogP contribution in [0.25, 0.3) is 10.9 Å². The summed E-state index contributed by atoms with van der Waals surface area (Å²) in [6.45, 7) is 3.84. The van der Waals surface area contributed by atoms with E-state index in [1.54, 1.807) is 0 Å². The molecule has 2 N–H and O–H groups in total. The van der Waals surface area contributed by atoms with Crippen molar-refractivity contribution < 1.29 is 14.3 Å². The fraction of sp³-hybridized carbons (Fsp3) is 0.360. The van der Waals surface area contributed by atoms with E-state index in [1.165, 1.54) is 5.56 Å². The number of carbonyl (C=O) groups excluding carboxylic acids is 2. The lowest BCUT2D eigenvalue weighted by molar-refractivity contribution is -0.122. The molecule has 1 aliphatic rings. The van der Waals surface area contributed by atoms with Gasteiger partial charge in [0.15, 0.2) is 0 Å². The Labute approximate surface area is 182 Å². The normalized spacial score (nSPS) is 14.5. The Kier molecular flexibility index (Phi) is 6.55. The molecule has 0 saturated carbocycles. The first kappa shape index (κ1) is 21.0. The number of amides is 2. The molecule has 0 atom stereocenters. The third-order valence-electron chi connectivity index (χ3n) is 5.77. The van der Waals surface area contributed by atoms with Gasteiger partial charge in [-0.3, -0.25) is 9.59 Å². The summed E-state index contributed by atoms with van der Waals surface area (Å²) in [6, 6.07) is 17.9. The molecule has 0 bridgehead atoms. The predicted molar refractivity (Wildman–Crippen MR) is 121 cm³/mol. The summed E-state index contributed by atoms with van der Waals surface area (Å²) in [5.74, 6) is 0.872. The number of piperidine rings is 1. The third kappa shape index (κ3) is 5.26. The zero-order valence-electron chi connectivity index (χ0n) is 17.9. The number of carbonyl (C=O) groups is 2. The Hall–Kier alpha value is -3.28. The molecule has 2 amide bonds. The van der Waals surface area contributed by atoms with E-state index in [2.05, 4.69) is 10.3 Å². The fourth-order valence-electron chi connectivity index (χ4n) is 4.08. The second kappa shape index (κ2) is 9.69. The van der Waals surface area contributed by atoms with Gasteiger partial charge in [-0.1, -0.05) is 30.3 Å². The fourth-order valence-corrected chi connectivity index (χ4v) is 4.08. The second-order valence-electron chi connectivity index (χ2n) is 7.98. The Morgan fingerprint density at radius 3 is 2.61 bits per heavy atom. The number of rotatable bonds is 7. The van der Waals surface area contributed by atoms with E-state index in [1.807, 2.05) is 66.4 Å². The largest absolute Gasteiger partial charge is 0.494 e. The summed E-state index contributed by atoms with van der Waals surface area (Å²) >= 11 is 0. The zero-order valence-corrected chi connectivity index (χ0v) is 17.9. The number of H-pyrrole nitrogens is 1. The molecule has 1 saturated heterocycles. The maximum Gasteiger partial charge on any atom is 0.270 e. The molecular weight excluding hydrogens is 390 g/mol. The van der Waals surface area contributed by atoms with Crippen LogP contribution in [0.1, 0.15) is 42.2 Å². The van der Waals surface area contributed by atoms with E-state index in [0.717, 1.165) is 35.9 Å². The van der Waals surface area contributed by atoms with Crippen molar-refractivity contribution >= 4 is 22.7 Å². The molecule has 6 nitrogen and oxygen atoms in total. The molecular formula is C25H29N3O3. The molecule has 0 aliphatic carbocycles. The SMILES string of the molecule is CCOc1ccc2cc(C(=O)N3CCC(NC(=O)CCc4ccccc4)CC3)[nH]c2c1. The van der Waals surface area contributed by atoms with Gasteiger partial charge in [0.2, 0.25) is 5.91 Å². The summed E-state index contributed by atoms with van der Waals surface area (Å²) < 4.78 is 5.54.